The molecule has 2 N–H and O–H groups in total. The van der Waals surface area contributed by atoms with Crippen molar-refractivity contribution in [3.05, 3.63) is 29.1 Å². The molecule has 1 aromatic rings. The number of fused-ring (bicyclic) bond motifs is 2. The molecule has 2 bridgehead atoms. The lowest BCUT2D eigenvalue weighted by Crippen LogP contribution is -2.45. The van der Waals surface area contributed by atoms with Crippen LogP contribution in [-0.2, 0) is 0 Å². The van der Waals surface area contributed by atoms with Crippen molar-refractivity contribution in [1.29, 1.82) is 0 Å². The standard InChI is InChI=1S/C16H22FNO2/c1-9-5-16(14(10(2)19)8-15(9)17)18-11-3-4-12(18)7-13(20)6-11/h5,8,10-13,19-20H,3-4,6-7H2,1-2H3/t10-,11?,12?,13?/m1/s1. The van der Waals surface area contributed by atoms with Crippen molar-refractivity contribution in [2.75, 3.05) is 4.90 Å². The van der Waals surface area contributed by atoms with Crippen LogP contribution in [0.2, 0.25) is 0 Å². The van der Waals surface area contributed by atoms with Crippen LogP contribution in [0.15, 0.2) is 12.1 Å². The molecule has 0 aliphatic carbocycles. The summed E-state index contributed by atoms with van der Waals surface area (Å²) in [6.45, 7) is 3.43. The van der Waals surface area contributed by atoms with Crippen molar-refractivity contribution in [3.8, 4) is 0 Å². The lowest BCUT2D eigenvalue weighted by Gasteiger charge is -2.40. The second-order valence-electron chi connectivity index (χ2n) is 6.25. The molecule has 1 aromatic carbocycles. The topological polar surface area (TPSA) is 43.7 Å². The predicted molar refractivity (Wildman–Crippen MR) is 76.3 cm³/mol. The number of benzene rings is 1. The van der Waals surface area contributed by atoms with Crippen molar-refractivity contribution in [1.82, 2.24) is 0 Å². The van der Waals surface area contributed by atoms with Crippen molar-refractivity contribution in [3.63, 3.8) is 0 Å². The van der Waals surface area contributed by atoms with E-state index < -0.39 is 6.10 Å². The van der Waals surface area contributed by atoms with Crippen molar-refractivity contribution >= 4 is 5.69 Å². The van der Waals surface area contributed by atoms with Crippen LogP contribution < -0.4 is 4.90 Å². The highest BCUT2D eigenvalue weighted by Gasteiger charge is 2.41. The molecule has 2 fully saturated rings. The van der Waals surface area contributed by atoms with E-state index in [1.165, 1.54) is 6.07 Å². The molecule has 2 unspecified atom stereocenters. The van der Waals surface area contributed by atoms with Crippen LogP contribution in [0, 0.1) is 12.7 Å². The highest BCUT2D eigenvalue weighted by molar-refractivity contribution is 5.59. The Morgan fingerprint density at radius 1 is 1.25 bits per heavy atom. The molecular weight excluding hydrogens is 257 g/mol. The first-order chi connectivity index (χ1) is 9.47. The maximum Gasteiger partial charge on any atom is 0.126 e. The fourth-order valence-electron chi connectivity index (χ4n) is 3.78. The third-order valence-electron chi connectivity index (χ3n) is 4.74. The molecule has 2 heterocycles. The molecular formula is C16H22FNO2. The second kappa shape index (κ2) is 5.01. The summed E-state index contributed by atoms with van der Waals surface area (Å²) >= 11 is 0. The van der Waals surface area contributed by atoms with E-state index in [1.54, 1.807) is 13.8 Å². The summed E-state index contributed by atoms with van der Waals surface area (Å²) in [5.74, 6) is -0.269. The number of anilines is 1. The van der Waals surface area contributed by atoms with Gasteiger partial charge in [-0.3, -0.25) is 0 Å². The van der Waals surface area contributed by atoms with Crippen molar-refractivity contribution < 1.29 is 14.6 Å². The molecule has 3 nitrogen and oxygen atoms in total. The Hall–Kier alpha value is -1.13. The number of aliphatic hydroxyl groups excluding tert-OH is 2. The largest absolute Gasteiger partial charge is 0.393 e. The maximum atomic E-state index is 13.8. The van der Waals surface area contributed by atoms with Gasteiger partial charge in [-0.1, -0.05) is 0 Å². The van der Waals surface area contributed by atoms with Gasteiger partial charge in [0, 0.05) is 23.3 Å². The number of halogens is 1. The first-order valence-electron chi connectivity index (χ1n) is 7.42. The van der Waals surface area contributed by atoms with Gasteiger partial charge in [-0.05, 0) is 57.2 Å². The van der Waals surface area contributed by atoms with E-state index >= 15 is 0 Å². The number of aryl methyl sites for hydroxylation is 1. The van der Waals surface area contributed by atoms with E-state index in [4.69, 9.17) is 0 Å². The zero-order valence-electron chi connectivity index (χ0n) is 12.0. The number of rotatable bonds is 2. The highest BCUT2D eigenvalue weighted by atomic mass is 19.1. The van der Waals surface area contributed by atoms with Gasteiger partial charge < -0.3 is 15.1 Å². The van der Waals surface area contributed by atoms with E-state index in [9.17, 15) is 14.6 Å². The van der Waals surface area contributed by atoms with Crippen LogP contribution in [0.4, 0.5) is 10.1 Å². The number of aliphatic hydroxyl groups is 2. The molecule has 0 aromatic heterocycles. The zero-order chi connectivity index (χ0) is 14.4. The van der Waals surface area contributed by atoms with E-state index in [0.29, 0.717) is 23.2 Å². The van der Waals surface area contributed by atoms with Gasteiger partial charge in [-0.15, -0.1) is 0 Å². The minimum Gasteiger partial charge on any atom is -0.393 e. The lowest BCUT2D eigenvalue weighted by atomic mass is 9.96. The van der Waals surface area contributed by atoms with Crippen molar-refractivity contribution in [2.45, 2.75) is 63.8 Å². The average Bonchev–Trinajstić information content (AvgIpc) is 2.64. The van der Waals surface area contributed by atoms with E-state index in [-0.39, 0.29) is 11.9 Å². The number of nitrogens with zero attached hydrogens (tertiary/aromatic N) is 1. The normalized spacial score (nSPS) is 30.6. The zero-order valence-corrected chi connectivity index (χ0v) is 12.0. The molecule has 2 aliphatic rings. The SMILES string of the molecule is Cc1cc(N2C3CCC2CC(O)C3)c([C@@H](C)O)cc1F. The first-order valence-corrected chi connectivity index (χ1v) is 7.42. The summed E-state index contributed by atoms with van der Waals surface area (Å²) in [6.07, 6.45) is 2.76. The molecule has 2 saturated heterocycles. The fraction of sp³-hybridized carbons (Fsp3) is 0.625. The monoisotopic (exact) mass is 279 g/mol. The summed E-state index contributed by atoms with van der Waals surface area (Å²) in [6, 6.07) is 3.93. The maximum absolute atomic E-state index is 13.8. The lowest BCUT2D eigenvalue weighted by molar-refractivity contribution is 0.126. The molecule has 0 saturated carbocycles. The number of hydrogen-bond donors (Lipinski definition) is 2. The summed E-state index contributed by atoms with van der Waals surface area (Å²) in [5.41, 5.74) is 2.20. The van der Waals surface area contributed by atoms with Crippen LogP contribution >= 0.6 is 0 Å². The van der Waals surface area contributed by atoms with E-state index in [0.717, 1.165) is 31.4 Å². The molecule has 0 amide bonds. The minimum absolute atomic E-state index is 0.222. The first kappa shape index (κ1) is 13.8. The fourth-order valence-corrected chi connectivity index (χ4v) is 3.78. The van der Waals surface area contributed by atoms with Crippen LogP contribution in [0.25, 0.3) is 0 Å². The Bertz CT molecular complexity index is 503. The third kappa shape index (κ3) is 2.21. The molecule has 3 rings (SSSR count). The van der Waals surface area contributed by atoms with Crippen LogP contribution in [-0.4, -0.2) is 28.4 Å². The Morgan fingerprint density at radius 2 is 1.85 bits per heavy atom. The summed E-state index contributed by atoms with van der Waals surface area (Å²) in [4.78, 5) is 2.31. The van der Waals surface area contributed by atoms with Gasteiger partial charge in [0.1, 0.15) is 5.82 Å². The summed E-state index contributed by atoms with van der Waals surface area (Å²) < 4.78 is 13.8. The average molecular weight is 279 g/mol. The molecule has 0 spiro atoms. The molecule has 2 aliphatic heterocycles. The Labute approximate surface area is 119 Å². The number of piperidine rings is 1. The Kier molecular flexibility index (Phi) is 3.46. The summed E-state index contributed by atoms with van der Waals surface area (Å²) in [7, 11) is 0. The van der Waals surface area contributed by atoms with Gasteiger partial charge >= 0.3 is 0 Å². The van der Waals surface area contributed by atoms with Crippen LogP contribution in [0.3, 0.4) is 0 Å². The Morgan fingerprint density at radius 3 is 2.40 bits per heavy atom. The van der Waals surface area contributed by atoms with Gasteiger partial charge in [0.05, 0.1) is 12.2 Å². The quantitative estimate of drug-likeness (QED) is 0.874. The van der Waals surface area contributed by atoms with Gasteiger partial charge in [0.2, 0.25) is 0 Å². The molecule has 20 heavy (non-hydrogen) atoms. The smallest absolute Gasteiger partial charge is 0.126 e. The highest BCUT2D eigenvalue weighted by Crippen LogP contribution is 2.42. The van der Waals surface area contributed by atoms with Gasteiger partial charge in [-0.25, -0.2) is 4.39 Å². The van der Waals surface area contributed by atoms with Gasteiger partial charge in [-0.2, -0.15) is 0 Å². The van der Waals surface area contributed by atoms with E-state index in [2.05, 4.69) is 4.90 Å². The van der Waals surface area contributed by atoms with Crippen molar-refractivity contribution in [2.24, 2.45) is 0 Å². The number of hydrogen-bond acceptors (Lipinski definition) is 3. The van der Waals surface area contributed by atoms with E-state index in [1.807, 2.05) is 6.07 Å². The predicted octanol–water partition coefficient (Wildman–Crippen LogP) is 2.68. The Balaban J connectivity index is 2.04. The molecule has 3 atom stereocenters. The van der Waals surface area contributed by atoms with Gasteiger partial charge in [0.25, 0.3) is 0 Å². The van der Waals surface area contributed by atoms with Gasteiger partial charge in [0.15, 0.2) is 0 Å². The van der Waals surface area contributed by atoms with Crippen LogP contribution in [0.1, 0.15) is 49.8 Å². The molecule has 110 valence electrons. The third-order valence-corrected chi connectivity index (χ3v) is 4.74. The summed E-state index contributed by atoms with van der Waals surface area (Å²) in [5, 5.41) is 19.8. The minimum atomic E-state index is -0.689. The van der Waals surface area contributed by atoms with Crippen LogP contribution in [0.5, 0.6) is 0 Å². The second-order valence-corrected chi connectivity index (χ2v) is 6.25. The molecule has 0 radical (unpaired) electrons. The molecule has 4 heteroatoms.